The van der Waals surface area contributed by atoms with E-state index in [2.05, 4.69) is 10.3 Å². The molecule has 6 heteroatoms. The van der Waals surface area contributed by atoms with Gasteiger partial charge in [-0.2, -0.15) is 0 Å². The van der Waals surface area contributed by atoms with E-state index in [1.54, 1.807) is 14.2 Å². The molecule has 0 bridgehead atoms. The zero-order valence-electron chi connectivity index (χ0n) is 15.8. The highest BCUT2D eigenvalue weighted by molar-refractivity contribution is 5.94. The maximum atomic E-state index is 12.7. The van der Waals surface area contributed by atoms with Crippen molar-refractivity contribution in [2.75, 3.05) is 14.2 Å². The number of pyridine rings is 1. The maximum Gasteiger partial charge on any atom is 0.253 e. The summed E-state index contributed by atoms with van der Waals surface area (Å²) in [6, 6.07) is 17.9. The predicted octanol–water partition coefficient (Wildman–Crippen LogP) is 3.11. The van der Waals surface area contributed by atoms with Crippen LogP contribution in [-0.2, 0) is 6.42 Å². The summed E-state index contributed by atoms with van der Waals surface area (Å²) in [6.45, 7) is 0. The lowest BCUT2D eigenvalue weighted by Gasteiger charge is -2.20. The Hall–Kier alpha value is -3.54. The molecule has 0 saturated heterocycles. The van der Waals surface area contributed by atoms with E-state index >= 15 is 0 Å². The molecule has 1 atom stereocenters. The molecule has 6 nitrogen and oxygen atoms in total. The van der Waals surface area contributed by atoms with E-state index < -0.39 is 0 Å². The molecule has 3 rings (SSSR count). The number of amides is 1. The van der Waals surface area contributed by atoms with Crippen LogP contribution in [0.3, 0.4) is 0 Å². The Bertz CT molecular complexity index is 958. The number of carbonyl (C=O) groups excluding carboxylic acids is 1. The van der Waals surface area contributed by atoms with Gasteiger partial charge < -0.3 is 19.8 Å². The molecule has 0 aliphatic rings. The lowest BCUT2D eigenvalue weighted by Crippen LogP contribution is -2.30. The molecule has 144 valence electrons. The first-order chi connectivity index (χ1) is 13.6. The van der Waals surface area contributed by atoms with Gasteiger partial charge >= 0.3 is 0 Å². The van der Waals surface area contributed by atoms with E-state index in [1.165, 1.54) is 18.3 Å². The molecule has 0 saturated carbocycles. The number of benzene rings is 2. The quantitative estimate of drug-likeness (QED) is 0.662. The van der Waals surface area contributed by atoms with Crippen LogP contribution < -0.4 is 20.3 Å². The molecule has 0 spiro atoms. The number of aromatic amines is 1. The third-order valence-corrected chi connectivity index (χ3v) is 4.47. The van der Waals surface area contributed by atoms with E-state index in [-0.39, 0.29) is 17.5 Å². The summed E-state index contributed by atoms with van der Waals surface area (Å²) in [6.07, 6.45) is 2.02. The molecule has 0 aliphatic heterocycles. The second-order valence-corrected chi connectivity index (χ2v) is 6.29. The van der Waals surface area contributed by atoms with Gasteiger partial charge in [0.2, 0.25) is 5.56 Å². The zero-order chi connectivity index (χ0) is 19.9. The van der Waals surface area contributed by atoms with E-state index in [9.17, 15) is 9.59 Å². The molecular formula is C22H22N2O4. The summed E-state index contributed by atoms with van der Waals surface area (Å²) in [5.74, 6) is 1.27. The normalized spacial score (nSPS) is 11.5. The molecule has 2 aromatic carbocycles. The van der Waals surface area contributed by atoms with Crippen LogP contribution in [0.15, 0.2) is 71.7 Å². The number of carbonyl (C=O) groups is 1. The van der Waals surface area contributed by atoms with Crippen LogP contribution in [-0.4, -0.2) is 25.1 Å². The molecule has 0 aliphatic carbocycles. The van der Waals surface area contributed by atoms with Gasteiger partial charge in [-0.25, -0.2) is 0 Å². The number of aromatic nitrogens is 1. The molecular weight excluding hydrogens is 356 g/mol. The van der Waals surface area contributed by atoms with Gasteiger partial charge in [0.05, 0.1) is 25.8 Å². The summed E-state index contributed by atoms with van der Waals surface area (Å²) in [7, 11) is 3.24. The number of H-pyrrole nitrogens is 1. The highest BCUT2D eigenvalue weighted by Gasteiger charge is 2.17. The Kier molecular flexibility index (Phi) is 6.11. The smallest absolute Gasteiger partial charge is 0.253 e. The Balaban J connectivity index is 1.84. The molecule has 0 fully saturated rings. The van der Waals surface area contributed by atoms with Gasteiger partial charge in [0.15, 0.2) is 0 Å². The fourth-order valence-corrected chi connectivity index (χ4v) is 2.88. The third-order valence-electron chi connectivity index (χ3n) is 4.47. The van der Waals surface area contributed by atoms with E-state index in [0.29, 0.717) is 12.0 Å². The van der Waals surface area contributed by atoms with Gasteiger partial charge in [-0.15, -0.1) is 0 Å². The van der Waals surface area contributed by atoms with Crippen LogP contribution in [0.4, 0.5) is 0 Å². The van der Waals surface area contributed by atoms with Crippen molar-refractivity contribution >= 4 is 5.91 Å². The van der Waals surface area contributed by atoms with Crippen molar-refractivity contribution in [2.24, 2.45) is 0 Å². The summed E-state index contributed by atoms with van der Waals surface area (Å²) in [4.78, 5) is 26.4. The number of methoxy groups -OCH3 is 2. The van der Waals surface area contributed by atoms with Gasteiger partial charge in [-0.3, -0.25) is 9.59 Å². The molecule has 1 amide bonds. The second kappa shape index (κ2) is 8.90. The van der Waals surface area contributed by atoms with Crippen LogP contribution in [0.2, 0.25) is 0 Å². The third kappa shape index (κ3) is 4.79. The Morgan fingerprint density at radius 3 is 2.07 bits per heavy atom. The van der Waals surface area contributed by atoms with Crippen LogP contribution in [0.25, 0.3) is 0 Å². The van der Waals surface area contributed by atoms with Crippen molar-refractivity contribution in [1.29, 1.82) is 0 Å². The predicted molar refractivity (Wildman–Crippen MR) is 107 cm³/mol. The summed E-state index contributed by atoms with van der Waals surface area (Å²) >= 11 is 0. The summed E-state index contributed by atoms with van der Waals surface area (Å²) in [5, 5.41) is 3.05. The fourth-order valence-electron chi connectivity index (χ4n) is 2.88. The Morgan fingerprint density at radius 1 is 0.929 bits per heavy atom. The SMILES string of the molecule is COc1ccc(C[C@@H](NC(=O)c2ccc(=O)[nH]c2)c2ccc(OC)cc2)cc1. The number of hydrogen-bond acceptors (Lipinski definition) is 4. The number of rotatable bonds is 7. The minimum atomic E-state index is -0.259. The lowest BCUT2D eigenvalue weighted by atomic mass is 9.98. The Morgan fingerprint density at radius 2 is 1.54 bits per heavy atom. The van der Waals surface area contributed by atoms with Gasteiger partial charge in [0, 0.05) is 12.3 Å². The van der Waals surface area contributed by atoms with Gasteiger partial charge in [0.1, 0.15) is 11.5 Å². The average Bonchev–Trinajstić information content (AvgIpc) is 2.74. The number of nitrogens with one attached hydrogen (secondary N) is 2. The average molecular weight is 378 g/mol. The van der Waals surface area contributed by atoms with E-state index in [0.717, 1.165) is 22.6 Å². The zero-order valence-corrected chi connectivity index (χ0v) is 15.8. The second-order valence-electron chi connectivity index (χ2n) is 6.29. The molecule has 0 radical (unpaired) electrons. The maximum absolute atomic E-state index is 12.7. The van der Waals surface area contributed by atoms with Gasteiger partial charge in [-0.1, -0.05) is 24.3 Å². The molecule has 28 heavy (non-hydrogen) atoms. The molecule has 2 N–H and O–H groups in total. The summed E-state index contributed by atoms with van der Waals surface area (Å²) in [5.41, 5.74) is 2.16. The minimum absolute atomic E-state index is 0.249. The number of ether oxygens (including phenoxy) is 2. The minimum Gasteiger partial charge on any atom is -0.497 e. The van der Waals surface area contributed by atoms with Crippen molar-refractivity contribution in [2.45, 2.75) is 12.5 Å². The van der Waals surface area contributed by atoms with Crippen molar-refractivity contribution in [3.8, 4) is 11.5 Å². The topological polar surface area (TPSA) is 80.4 Å². The van der Waals surface area contributed by atoms with Crippen molar-refractivity contribution in [3.63, 3.8) is 0 Å². The molecule has 3 aromatic rings. The van der Waals surface area contributed by atoms with Crippen LogP contribution in [0.1, 0.15) is 27.5 Å². The number of hydrogen-bond donors (Lipinski definition) is 2. The monoisotopic (exact) mass is 378 g/mol. The molecule has 0 unspecified atom stereocenters. The van der Waals surface area contributed by atoms with E-state index in [4.69, 9.17) is 9.47 Å². The first-order valence-corrected chi connectivity index (χ1v) is 8.85. The molecule has 1 aromatic heterocycles. The van der Waals surface area contributed by atoms with Crippen LogP contribution >= 0.6 is 0 Å². The van der Waals surface area contributed by atoms with Crippen LogP contribution in [0, 0.1) is 0 Å². The Labute approximate surface area is 163 Å². The van der Waals surface area contributed by atoms with E-state index in [1.807, 2.05) is 48.5 Å². The van der Waals surface area contributed by atoms with Crippen molar-refractivity contribution in [3.05, 3.63) is 93.9 Å². The van der Waals surface area contributed by atoms with Crippen molar-refractivity contribution in [1.82, 2.24) is 10.3 Å². The first kappa shape index (κ1) is 19.2. The van der Waals surface area contributed by atoms with Crippen molar-refractivity contribution < 1.29 is 14.3 Å². The standard InChI is InChI=1S/C22H22N2O4/c1-27-18-8-3-15(4-9-18)13-20(16-5-10-19(28-2)11-6-16)24-22(26)17-7-12-21(25)23-14-17/h3-12,14,20H,13H2,1-2H3,(H,23,25)(H,24,26)/t20-/m1/s1. The van der Waals surface area contributed by atoms with Gasteiger partial charge in [-0.05, 0) is 47.9 Å². The largest absolute Gasteiger partial charge is 0.497 e. The fraction of sp³-hybridized carbons (Fsp3) is 0.182. The highest BCUT2D eigenvalue weighted by Crippen LogP contribution is 2.23. The lowest BCUT2D eigenvalue weighted by molar-refractivity contribution is 0.0936. The molecule has 1 heterocycles. The van der Waals surface area contributed by atoms with Gasteiger partial charge in [0.25, 0.3) is 5.91 Å². The van der Waals surface area contributed by atoms with Crippen LogP contribution in [0.5, 0.6) is 11.5 Å². The highest BCUT2D eigenvalue weighted by atomic mass is 16.5. The first-order valence-electron chi connectivity index (χ1n) is 8.85. The summed E-state index contributed by atoms with van der Waals surface area (Å²) < 4.78 is 10.4.